The summed E-state index contributed by atoms with van der Waals surface area (Å²) in [6.07, 6.45) is 0. The van der Waals surface area contributed by atoms with Crippen LogP contribution in [0.2, 0.25) is 0 Å². The van der Waals surface area contributed by atoms with Crippen LogP contribution in [0.3, 0.4) is 0 Å². The molecule has 0 amide bonds. The molecular formula is C5H4N2O2S. The van der Waals surface area contributed by atoms with E-state index in [1.54, 1.807) is 0 Å². The summed E-state index contributed by atoms with van der Waals surface area (Å²) in [7, 11) is 0. The molecule has 0 saturated heterocycles. The van der Waals surface area contributed by atoms with Crippen molar-refractivity contribution in [1.29, 1.82) is 0 Å². The first-order valence-corrected chi connectivity index (χ1v) is 3.34. The van der Waals surface area contributed by atoms with Crippen molar-refractivity contribution in [3.8, 4) is 5.88 Å². The maximum absolute atomic E-state index is 10.7. The van der Waals surface area contributed by atoms with Gasteiger partial charge in [-0.25, -0.2) is 6.57 Å². The van der Waals surface area contributed by atoms with E-state index in [0.717, 1.165) is 15.9 Å². The fourth-order valence-corrected chi connectivity index (χ4v) is 1.14. The van der Waals surface area contributed by atoms with Crippen LogP contribution in [0.5, 0.6) is 5.88 Å². The Morgan fingerprint density at radius 3 is 3.00 bits per heavy atom. The predicted octanol–water partition coefficient (Wildman–Crippen LogP) is 0.492. The highest BCUT2D eigenvalue weighted by molar-refractivity contribution is 7.07. The maximum Gasteiger partial charge on any atom is 0.315 e. The Balaban J connectivity index is 3.13. The van der Waals surface area contributed by atoms with E-state index in [4.69, 9.17) is 11.7 Å². The monoisotopic (exact) mass is 156 g/mol. The molecule has 0 radical (unpaired) electrons. The minimum absolute atomic E-state index is 0.103. The smallest absolute Gasteiger partial charge is 0.315 e. The molecule has 1 aromatic heterocycles. The van der Waals surface area contributed by atoms with Gasteiger partial charge >= 0.3 is 4.87 Å². The summed E-state index contributed by atoms with van der Waals surface area (Å²) in [6, 6.07) is 0. The first-order chi connectivity index (χ1) is 4.75. The summed E-state index contributed by atoms with van der Waals surface area (Å²) >= 11 is 0.885. The first-order valence-electron chi connectivity index (χ1n) is 2.46. The van der Waals surface area contributed by atoms with E-state index < -0.39 is 0 Å². The molecule has 0 aliphatic heterocycles. The SMILES string of the molecule is [C-]#[N+]Cn1c(O)csc1=O. The molecule has 0 bridgehead atoms. The molecule has 0 aliphatic carbocycles. The lowest BCUT2D eigenvalue weighted by Gasteiger charge is -1.88. The van der Waals surface area contributed by atoms with Crippen LogP contribution in [0.15, 0.2) is 10.2 Å². The van der Waals surface area contributed by atoms with Crippen LogP contribution >= 0.6 is 11.3 Å². The maximum atomic E-state index is 10.7. The lowest BCUT2D eigenvalue weighted by Crippen LogP contribution is -2.09. The van der Waals surface area contributed by atoms with Crippen molar-refractivity contribution in [2.45, 2.75) is 6.67 Å². The molecule has 1 heterocycles. The Kier molecular flexibility index (Phi) is 1.73. The van der Waals surface area contributed by atoms with Gasteiger partial charge in [-0.1, -0.05) is 11.3 Å². The number of nitrogens with zero attached hydrogens (tertiary/aromatic N) is 2. The van der Waals surface area contributed by atoms with E-state index in [9.17, 15) is 4.79 Å². The molecule has 0 aliphatic rings. The van der Waals surface area contributed by atoms with Crippen molar-refractivity contribution in [2.24, 2.45) is 0 Å². The number of hydrogen-bond acceptors (Lipinski definition) is 3. The Morgan fingerprint density at radius 2 is 2.60 bits per heavy atom. The largest absolute Gasteiger partial charge is 0.494 e. The van der Waals surface area contributed by atoms with Crippen LogP contribution in [0.1, 0.15) is 0 Å². The van der Waals surface area contributed by atoms with Gasteiger partial charge in [0.05, 0.1) is 5.38 Å². The van der Waals surface area contributed by atoms with Gasteiger partial charge in [0.1, 0.15) is 0 Å². The Hall–Kier alpha value is -1.28. The molecule has 10 heavy (non-hydrogen) atoms. The summed E-state index contributed by atoms with van der Waals surface area (Å²) in [4.78, 5) is 13.4. The molecule has 5 heteroatoms. The highest BCUT2D eigenvalue weighted by Gasteiger charge is 2.04. The number of aromatic nitrogens is 1. The van der Waals surface area contributed by atoms with E-state index in [0.29, 0.717) is 0 Å². The lowest BCUT2D eigenvalue weighted by molar-refractivity contribution is 0.422. The van der Waals surface area contributed by atoms with E-state index in [-0.39, 0.29) is 17.4 Å². The Labute approximate surface area is 60.8 Å². The van der Waals surface area contributed by atoms with Gasteiger partial charge in [0.2, 0.25) is 5.88 Å². The molecule has 4 nitrogen and oxygen atoms in total. The zero-order valence-electron chi connectivity index (χ0n) is 4.94. The van der Waals surface area contributed by atoms with Crippen molar-refractivity contribution in [1.82, 2.24) is 4.57 Å². The van der Waals surface area contributed by atoms with Crippen molar-refractivity contribution < 1.29 is 5.11 Å². The molecule has 0 spiro atoms. The molecule has 0 atom stereocenters. The number of rotatable bonds is 1. The van der Waals surface area contributed by atoms with Gasteiger partial charge < -0.3 is 5.11 Å². The molecule has 1 N–H and O–H groups in total. The lowest BCUT2D eigenvalue weighted by atomic mass is 10.8. The zero-order chi connectivity index (χ0) is 7.56. The Bertz CT molecular complexity index is 319. The first kappa shape index (κ1) is 6.83. The van der Waals surface area contributed by atoms with Gasteiger partial charge in [-0.2, -0.15) is 4.57 Å². The summed E-state index contributed by atoms with van der Waals surface area (Å²) in [5, 5.41) is 10.2. The topological polar surface area (TPSA) is 46.6 Å². The summed E-state index contributed by atoms with van der Waals surface area (Å²) < 4.78 is 1.01. The normalized spacial score (nSPS) is 9.10. The van der Waals surface area contributed by atoms with Gasteiger partial charge in [0, 0.05) is 0 Å². The van der Waals surface area contributed by atoms with E-state index in [2.05, 4.69) is 4.85 Å². The highest BCUT2D eigenvalue weighted by atomic mass is 32.1. The van der Waals surface area contributed by atoms with Crippen LogP contribution in [0.4, 0.5) is 0 Å². The van der Waals surface area contributed by atoms with Gasteiger partial charge in [0.15, 0.2) is 0 Å². The molecule has 1 rings (SSSR count). The zero-order valence-corrected chi connectivity index (χ0v) is 5.76. The number of aromatic hydroxyl groups is 1. The van der Waals surface area contributed by atoms with Crippen LogP contribution in [-0.4, -0.2) is 9.67 Å². The summed E-state index contributed by atoms with van der Waals surface area (Å²) in [6.45, 7) is 6.33. The number of thiazole rings is 1. The summed E-state index contributed by atoms with van der Waals surface area (Å²) in [5.41, 5.74) is 0. The summed E-state index contributed by atoms with van der Waals surface area (Å²) in [5.74, 6) is -0.133. The van der Waals surface area contributed by atoms with Crippen molar-refractivity contribution in [3.05, 3.63) is 26.5 Å². The molecular weight excluding hydrogens is 152 g/mol. The van der Waals surface area contributed by atoms with Gasteiger partial charge in [-0.15, -0.1) is 0 Å². The van der Waals surface area contributed by atoms with E-state index in [1.165, 1.54) is 5.38 Å². The van der Waals surface area contributed by atoms with Gasteiger partial charge in [0.25, 0.3) is 6.67 Å². The van der Waals surface area contributed by atoms with E-state index >= 15 is 0 Å². The van der Waals surface area contributed by atoms with Crippen LogP contribution < -0.4 is 4.87 Å². The number of hydrogen-bond donors (Lipinski definition) is 1. The second kappa shape index (κ2) is 2.54. The average molecular weight is 156 g/mol. The van der Waals surface area contributed by atoms with Crippen molar-refractivity contribution >= 4 is 11.3 Å². The second-order valence-electron chi connectivity index (χ2n) is 1.59. The minimum Gasteiger partial charge on any atom is -0.494 e. The molecule has 52 valence electrons. The van der Waals surface area contributed by atoms with Gasteiger partial charge in [-0.3, -0.25) is 9.64 Å². The molecule has 1 aromatic rings. The fourth-order valence-electron chi connectivity index (χ4n) is 0.525. The van der Waals surface area contributed by atoms with Crippen molar-refractivity contribution in [2.75, 3.05) is 0 Å². The minimum atomic E-state index is -0.298. The molecule has 0 aromatic carbocycles. The Morgan fingerprint density at radius 1 is 1.90 bits per heavy atom. The predicted molar refractivity (Wildman–Crippen MR) is 36.8 cm³/mol. The molecule has 0 unspecified atom stereocenters. The standard InChI is InChI=1S/C5H4N2O2S/c1-6-3-7-4(8)2-10-5(7)9/h2,8H,3H2. The second-order valence-corrected chi connectivity index (χ2v) is 2.41. The molecule has 0 saturated carbocycles. The quantitative estimate of drug-likeness (QED) is 0.601. The third-order valence-corrected chi connectivity index (χ3v) is 1.72. The van der Waals surface area contributed by atoms with Crippen molar-refractivity contribution in [3.63, 3.8) is 0 Å². The van der Waals surface area contributed by atoms with Crippen LogP contribution in [0.25, 0.3) is 4.85 Å². The van der Waals surface area contributed by atoms with Gasteiger partial charge in [-0.05, 0) is 0 Å². The van der Waals surface area contributed by atoms with Crippen LogP contribution in [-0.2, 0) is 6.67 Å². The third kappa shape index (κ3) is 1.01. The fraction of sp³-hybridized carbons (Fsp3) is 0.200. The highest BCUT2D eigenvalue weighted by Crippen LogP contribution is 2.07. The average Bonchev–Trinajstić information content (AvgIpc) is 2.20. The van der Waals surface area contributed by atoms with Crippen LogP contribution in [0, 0.1) is 6.57 Å². The third-order valence-electron chi connectivity index (χ3n) is 0.974. The molecule has 0 fully saturated rings. The van der Waals surface area contributed by atoms with E-state index in [1.807, 2.05) is 0 Å².